The Balaban J connectivity index is 1.51. The number of hydrazone groups is 1. The summed E-state index contributed by atoms with van der Waals surface area (Å²) in [6.07, 6.45) is 3.41. The molecule has 0 radical (unpaired) electrons. The molecule has 0 saturated heterocycles. The first-order valence-corrected chi connectivity index (χ1v) is 12.0. The van der Waals surface area contributed by atoms with E-state index in [-0.39, 0.29) is 11.7 Å². The maximum atomic E-state index is 12.5. The quantitative estimate of drug-likeness (QED) is 0.198. The first-order chi connectivity index (χ1) is 16.5. The topological polar surface area (TPSA) is 94.3 Å². The van der Waals surface area contributed by atoms with Gasteiger partial charge in [-0.25, -0.2) is 5.43 Å². The van der Waals surface area contributed by atoms with E-state index in [1.807, 2.05) is 72.2 Å². The van der Waals surface area contributed by atoms with Gasteiger partial charge < -0.3 is 4.74 Å². The van der Waals surface area contributed by atoms with Gasteiger partial charge in [-0.3, -0.25) is 14.3 Å². The number of methoxy groups -OCH3 is 1. The first-order valence-electron chi connectivity index (χ1n) is 10.3. The Kier molecular flexibility index (Phi) is 7.71. The van der Waals surface area contributed by atoms with Gasteiger partial charge in [0.15, 0.2) is 11.0 Å². The minimum absolute atomic E-state index is 0.125. The SMILES string of the molecule is COc1cccc(C(C)=NNC(=O)CSc2nnc(-c3ccncc3)n2-c2ccc(Br)cc2)c1. The number of nitrogens with zero attached hydrogens (tertiary/aromatic N) is 5. The number of amides is 1. The van der Waals surface area contributed by atoms with Crippen molar-refractivity contribution in [3.63, 3.8) is 0 Å². The number of pyridine rings is 1. The number of benzene rings is 2. The number of ether oxygens (including phenoxy) is 1. The van der Waals surface area contributed by atoms with Crippen LogP contribution in [0.3, 0.4) is 0 Å². The number of carbonyl (C=O) groups is 1. The maximum absolute atomic E-state index is 12.5. The van der Waals surface area contributed by atoms with Gasteiger partial charge in [-0.05, 0) is 55.5 Å². The minimum Gasteiger partial charge on any atom is -0.497 e. The molecule has 4 rings (SSSR count). The van der Waals surface area contributed by atoms with Crippen molar-refractivity contribution in [1.82, 2.24) is 25.2 Å². The van der Waals surface area contributed by atoms with Crippen molar-refractivity contribution in [2.24, 2.45) is 5.10 Å². The number of carbonyl (C=O) groups excluding carboxylic acids is 1. The molecule has 1 N–H and O–H groups in total. The van der Waals surface area contributed by atoms with Crippen molar-refractivity contribution in [2.45, 2.75) is 12.1 Å². The number of nitrogens with one attached hydrogen (secondary N) is 1. The molecule has 8 nitrogen and oxygen atoms in total. The summed E-state index contributed by atoms with van der Waals surface area (Å²) >= 11 is 4.75. The molecule has 172 valence electrons. The average molecular weight is 537 g/mol. The number of hydrogen-bond acceptors (Lipinski definition) is 7. The van der Waals surface area contributed by atoms with E-state index in [0.29, 0.717) is 16.7 Å². The molecule has 2 aromatic heterocycles. The third-order valence-corrected chi connectivity index (χ3v) is 6.28. The lowest BCUT2D eigenvalue weighted by Crippen LogP contribution is -2.21. The Labute approximate surface area is 209 Å². The Morgan fingerprint density at radius 2 is 1.88 bits per heavy atom. The number of aromatic nitrogens is 4. The van der Waals surface area contributed by atoms with Gasteiger partial charge >= 0.3 is 0 Å². The van der Waals surface area contributed by atoms with Crippen molar-refractivity contribution < 1.29 is 9.53 Å². The van der Waals surface area contributed by atoms with E-state index in [0.717, 1.165) is 27.0 Å². The Hall–Kier alpha value is -3.50. The number of rotatable bonds is 8. The van der Waals surface area contributed by atoms with E-state index in [1.165, 1.54) is 11.8 Å². The molecule has 0 spiro atoms. The molecule has 2 heterocycles. The molecule has 0 aliphatic carbocycles. The fourth-order valence-corrected chi connectivity index (χ4v) is 4.10. The summed E-state index contributed by atoms with van der Waals surface area (Å²) in [4.78, 5) is 16.6. The van der Waals surface area contributed by atoms with Gasteiger partial charge in [-0.1, -0.05) is 39.8 Å². The van der Waals surface area contributed by atoms with E-state index < -0.39 is 0 Å². The highest BCUT2D eigenvalue weighted by Crippen LogP contribution is 2.28. The largest absolute Gasteiger partial charge is 0.497 e. The van der Waals surface area contributed by atoms with E-state index in [1.54, 1.807) is 19.5 Å². The lowest BCUT2D eigenvalue weighted by Gasteiger charge is -2.10. The normalized spacial score (nSPS) is 11.3. The smallest absolute Gasteiger partial charge is 0.250 e. The van der Waals surface area contributed by atoms with Crippen molar-refractivity contribution in [2.75, 3.05) is 12.9 Å². The van der Waals surface area contributed by atoms with Gasteiger partial charge in [-0.2, -0.15) is 5.10 Å². The summed E-state index contributed by atoms with van der Waals surface area (Å²) in [5.74, 6) is 1.27. The Morgan fingerprint density at radius 1 is 1.12 bits per heavy atom. The molecule has 0 aliphatic rings. The monoisotopic (exact) mass is 536 g/mol. The summed E-state index contributed by atoms with van der Waals surface area (Å²) in [5, 5.41) is 13.5. The Morgan fingerprint density at radius 3 is 2.62 bits per heavy atom. The highest BCUT2D eigenvalue weighted by Gasteiger charge is 2.17. The van der Waals surface area contributed by atoms with E-state index in [2.05, 4.69) is 41.6 Å². The molecular formula is C24H21BrN6O2S. The van der Waals surface area contributed by atoms with Crippen molar-refractivity contribution in [1.29, 1.82) is 0 Å². The van der Waals surface area contributed by atoms with Gasteiger partial charge in [0.25, 0.3) is 5.91 Å². The van der Waals surface area contributed by atoms with Crippen LogP contribution in [0.4, 0.5) is 0 Å². The minimum atomic E-state index is -0.247. The lowest BCUT2D eigenvalue weighted by molar-refractivity contribution is -0.118. The first kappa shape index (κ1) is 23.7. The van der Waals surface area contributed by atoms with Crippen LogP contribution in [-0.2, 0) is 4.79 Å². The van der Waals surface area contributed by atoms with Crippen LogP contribution < -0.4 is 10.2 Å². The van der Waals surface area contributed by atoms with Gasteiger partial charge in [0, 0.05) is 33.7 Å². The van der Waals surface area contributed by atoms with Crippen molar-refractivity contribution >= 4 is 39.3 Å². The van der Waals surface area contributed by atoms with Crippen LogP contribution in [0, 0.1) is 0 Å². The average Bonchev–Trinajstić information content (AvgIpc) is 3.31. The predicted octanol–water partition coefficient (Wildman–Crippen LogP) is 4.73. The third-order valence-electron chi connectivity index (χ3n) is 4.82. The summed E-state index contributed by atoms with van der Waals surface area (Å²) < 4.78 is 8.13. The molecule has 10 heteroatoms. The summed E-state index contributed by atoms with van der Waals surface area (Å²) in [5.41, 5.74) is 5.91. The molecule has 4 aromatic rings. The molecule has 0 fully saturated rings. The second kappa shape index (κ2) is 11.1. The maximum Gasteiger partial charge on any atom is 0.250 e. The van der Waals surface area contributed by atoms with Crippen LogP contribution in [0.5, 0.6) is 5.75 Å². The van der Waals surface area contributed by atoms with Crippen LogP contribution in [0.2, 0.25) is 0 Å². The highest BCUT2D eigenvalue weighted by atomic mass is 79.9. The summed E-state index contributed by atoms with van der Waals surface area (Å²) in [6.45, 7) is 1.83. The number of thioether (sulfide) groups is 1. The van der Waals surface area contributed by atoms with Gasteiger partial charge in [0.1, 0.15) is 5.75 Å². The second-order valence-electron chi connectivity index (χ2n) is 7.11. The molecule has 0 bridgehead atoms. The second-order valence-corrected chi connectivity index (χ2v) is 8.96. The van der Waals surface area contributed by atoms with Gasteiger partial charge in [0.05, 0.1) is 18.6 Å². The van der Waals surface area contributed by atoms with Crippen molar-refractivity contribution in [3.8, 4) is 22.8 Å². The van der Waals surface area contributed by atoms with Crippen LogP contribution in [0.25, 0.3) is 17.1 Å². The number of hydrogen-bond donors (Lipinski definition) is 1. The summed E-state index contributed by atoms with van der Waals surface area (Å²) in [6, 6.07) is 19.1. The van der Waals surface area contributed by atoms with Gasteiger partial charge in [0.2, 0.25) is 0 Å². The van der Waals surface area contributed by atoms with Crippen LogP contribution >= 0.6 is 27.7 Å². The Bertz CT molecular complexity index is 1310. The molecule has 0 saturated carbocycles. The van der Waals surface area contributed by atoms with Crippen LogP contribution in [0.1, 0.15) is 12.5 Å². The van der Waals surface area contributed by atoms with Crippen LogP contribution in [-0.4, -0.2) is 44.2 Å². The highest BCUT2D eigenvalue weighted by molar-refractivity contribution is 9.10. The molecule has 0 atom stereocenters. The standard InChI is InChI=1S/C24H21BrN6O2S/c1-16(18-4-3-5-21(14-18)33-2)27-28-22(32)15-34-24-30-29-23(17-10-12-26-13-11-17)31(24)20-8-6-19(25)7-9-20/h3-14H,15H2,1-2H3,(H,28,32). The fraction of sp³-hybridized carbons (Fsp3) is 0.125. The third kappa shape index (κ3) is 5.70. The van der Waals surface area contributed by atoms with E-state index >= 15 is 0 Å². The zero-order valence-corrected chi connectivity index (χ0v) is 20.9. The summed E-state index contributed by atoms with van der Waals surface area (Å²) in [7, 11) is 1.61. The number of halogens is 1. The molecule has 0 unspecified atom stereocenters. The van der Waals surface area contributed by atoms with Crippen molar-refractivity contribution in [3.05, 3.63) is 83.1 Å². The molecule has 0 aliphatic heterocycles. The molecular weight excluding hydrogens is 516 g/mol. The van der Waals surface area contributed by atoms with E-state index in [4.69, 9.17) is 4.74 Å². The predicted molar refractivity (Wildman–Crippen MR) is 136 cm³/mol. The van der Waals surface area contributed by atoms with Crippen LogP contribution in [0.15, 0.2) is 87.8 Å². The van der Waals surface area contributed by atoms with Gasteiger partial charge in [-0.15, -0.1) is 10.2 Å². The zero-order chi connectivity index (χ0) is 23.9. The molecule has 2 aromatic carbocycles. The van der Waals surface area contributed by atoms with E-state index in [9.17, 15) is 4.79 Å². The fourth-order valence-electron chi connectivity index (χ4n) is 3.10. The lowest BCUT2D eigenvalue weighted by atomic mass is 10.1. The zero-order valence-electron chi connectivity index (χ0n) is 18.5. The molecule has 34 heavy (non-hydrogen) atoms. The molecule has 1 amide bonds.